The summed E-state index contributed by atoms with van der Waals surface area (Å²) in [7, 11) is 3.64. The van der Waals surface area contributed by atoms with Gasteiger partial charge >= 0.3 is 0 Å². The van der Waals surface area contributed by atoms with Gasteiger partial charge in [0.05, 0.1) is 7.11 Å². The molecule has 3 rings (SSSR count). The average molecular weight is 278 g/mol. The largest absolute Gasteiger partial charge is 0.497 e. The number of pyridine rings is 1. The summed E-state index contributed by atoms with van der Waals surface area (Å²) in [6.07, 6.45) is 3.84. The molecule has 3 heteroatoms. The summed E-state index contributed by atoms with van der Waals surface area (Å²) in [6, 6.07) is 14.5. The number of rotatable bonds is 4. The van der Waals surface area contributed by atoms with E-state index in [-0.39, 0.29) is 0 Å². The van der Waals surface area contributed by atoms with Gasteiger partial charge in [0, 0.05) is 29.9 Å². The van der Waals surface area contributed by atoms with Gasteiger partial charge in [-0.3, -0.25) is 4.98 Å². The van der Waals surface area contributed by atoms with Crippen LogP contribution >= 0.6 is 0 Å². The van der Waals surface area contributed by atoms with E-state index < -0.39 is 0 Å². The first-order valence-corrected chi connectivity index (χ1v) is 6.98. The Bertz CT molecular complexity index is 763. The second kappa shape index (κ2) is 5.94. The van der Waals surface area contributed by atoms with Crippen molar-refractivity contribution in [1.29, 1.82) is 0 Å². The maximum Gasteiger partial charge on any atom is 0.119 e. The monoisotopic (exact) mass is 278 g/mol. The van der Waals surface area contributed by atoms with Crippen molar-refractivity contribution in [2.75, 3.05) is 14.2 Å². The highest BCUT2D eigenvalue weighted by atomic mass is 16.5. The van der Waals surface area contributed by atoms with Crippen molar-refractivity contribution >= 4 is 10.8 Å². The van der Waals surface area contributed by atoms with Crippen LogP contribution in [0.2, 0.25) is 0 Å². The molecular weight excluding hydrogens is 260 g/mol. The fraction of sp³-hybridized carbons (Fsp3) is 0.167. The molecular formula is C18H18N2O. The number of hydrogen-bond donors (Lipinski definition) is 1. The minimum absolute atomic E-state index is 0.787. The maximum atomic E-state index is 5.34. The molecule has 2 aromatic carbocycles. The SMILES string of the molecule is CNCc1cc(OC)ccc1-c1cncc2ccccc12. The number of hydrogen-bond acceptors (Lipinski definition) is 3. The lowest BCUT2D eigenvalue weighted by Gasteiger charge is -2.13. The van der Waals surface area contributed by atoms with Gasteiger partial charge in [0.15, 0.2) is 0 Å². The highest BCUT2D eigenvalue weighted by molar-refractivity contribution is 5.96. The van der Waals surface area contributed by atoms with E-state index in [0.29, 0.717) is 0 Å². The van der Waals surface area contributed by atoms with Crippen LogP contribution < -0.4 is 10.1 Å². The first-order valence-electron chi connectivity index (χ1n) is 6.98. The Morgan fingerprint density at radius 3 is 2.71 bits per heavy atom. The number of aromatic nitrogens is 1. The number of fused-ring (bicyclic) bond motifs is 1. The third kappa shape index (κ3) is 2.60. The lowest BCUT2D eigenvalue weighted by molar-refractivity contribution is 0.414. The molecule has 1 N–H and O–H groups in total. The third-order valence-corrected chi connectivity index (χ3v) is 3.64. The van der Waals surface area contributed by atoms with Crippen molar-refractivity contribution in [3.63, 3.8) is 0 Å². The van der Waals surface area contributed by atoms with E-state index in [4.69, 9.17) is 4.74 Å². The third-order valence-electron chi connectivity index (χ3n) is 3.64. The quantitative estimate of drug-likeness (QED) is 0.791. The number of nitrogens with zero attached hydrogens (tertiary/aromatic N) is 1. The average Bonchev–Trinajstić information content (AvgIpc) is 2.55. The molecule has 0 saturated heterocycles. The van der Waals surface area contributed by atoms with Gasteiger partial charge in [-0.15, -0.1) is 0 Å². The van der Waals surface area contributed by atoms with E-state index in [1.165, 1.54) is 16.5 Å². The van der Waals surface area contributed by atoms with Crippen LogP contribution in [-0.4, -0.2) is 19.1 Å². The minimum Gasteiger partial charge on any atom is -0.497 e. The van der Waals surface area contributed by atoms with Crippen LogP contribution in [0.15, 0.2) is 54.9 Å². The molecule has 0 amide bonds. The van der Waals surface area contributed by atoms with Gasteiger partial charge in [0.2, 0.25) is 0 Å². The van der Waals surface area contributed by atoms with Gasteiger partial charge in [0.1, 0.15) is 5.75 Å². The summed E-state index contributed by atoms with van der Waals surface area (Å²) in [5.41, 5.74) is 3.55. The molecule has 3 nitrogen and oxygen atoms in total. The van der Waals surface area contributed by atoms with Gasteiger partial charge < -0.3 is 10.1 Å². The van der Waals surface area contributed by atoms with Crippen molar-refractivity contribution in [3.05, 3.63) is 60.4 Å². The molecule has 0 aliphatic carbocycles. The molecule has 0 unspecified atom stereocenters. The fourth-order valence-electron chi connectivity index (χ4n) is 2.63. The summed E-state index contributed by atoms with van der Waals surface area (Å²) in [5.74, 6) is 0.872. The van der Waals surface area contributed by atoms with Crippen molar-refractivity contribution in [1.82, 2.24) is 10.3 Å². The van der Waals surface area contributed by atoms with E-state index in [2.05, 4.69) is 40.6 Å². The van der Waals surface area contributed by atoms with Crippen molar-refractivity contribution < 1.29 is 4.74 Å². The topological polar surface area (TPSA) is 34.1 Å². The molecule has 1 aromatic heterocycles. The van der Waals surface area contributed by atoms with Crippen LogP contribution in [0.5, 0.6) is 5.75 Å². The first kappa shape index (κ1) is 13.6. The summed E-state index contributed by atoms with van der Waals surface area (Å²) in [6.45, 7) is 0.787. The predicted octanol–water partition coefficient (Wildman–Crippen LogP) is 3.63. The van der Waals surface area contributed by atoms with E-state index >= 15 is 0 Å². The zero-order valence-electron chi connectivity index (χ0n) is 12.3. The van der Waals surface area contributed by atoms with Gasteiger partial charge in [0.25, 0.3) is 0 Å². The first-order chi connectivity index (χ1) is 10.3. The Morgan fingerprint density at radius 1 is 1.05 bits per heavy atom. The van der Waals surface area contributed by atoms with Gasteiger partial charge in [-0.2, -0.15) is 0 Å². The Hall–Kier alpha value is -2.39. The Labute approximate surface area is 124 Å². The lowest BCUT2D eigenvalue weighted by Crippen LogP contribution is -2.06. The molecule has 1 heterocycles. The highest BCUT2D eigenvalue weighted by Crippen LogP contribution is 2.32. The molecule has 0 aliphatic rings. The van der Waals surface area contributed by atoms with Crippen LogP contribution in [-0.2, 0) is 6.54 Å². The zero-order valence-corrected chi connectivity index (χ0v) is 12.3. The van der Waals surface area contributed by atoms with Gasteiger partial charge in [-0.25, -0.2) is 0 Å². The Balaban J connectivity index is 2.22. The van der Waals surface area contributed by atoms with Crippen LogP contribution in [0.1, 0.15) is 5.56 Å². The van der Waals surface area contributed by atoms with Crippen LogP contribution in [0.3, 0.4) is 0 Å². The summed E-state index contributed by atoms with van der Waals surface area (Å²) in [4.78, 5) is 4.38. The van der Waals surface area contributed by atoms with E-state index in [1.807, 2.05) is 31.6 Å². The van der Waals surface area contributed by atoms with Crippen LogP contribution in [0, 0.1) is 0 Å². The summed E-state index contributed by atoms with van der Waals surface area (Å²) < 4.78 is 5.34. The maximum absolute atomic E-state index is 5.34. The van der Waals surface area contributed by atoms with Crippen molar-refractivity contribution in [2.24, 2.45) is 0 Å². The zero-order chi connectivity index (χ0) is 14.7. The van der Waals surface area contributed by atoms with E-state index in [0.717, 1.165) is 23.2 Å². The summed E-state index contributed by atoms with van der Waals surface area (Å²) >= 11 is 0. The second-order valence-corrected chi connectivity index (χ2v) is 4.96. The summed E-state index contributed by atoms with van der Waals surface area (Å²) in [5, 5.41) is 5.59. The molecule has 21 heavy (non-hydrogen) atoms. The van der Waals surface area contributed by atoms with Gasteiger partial charge in [-0.1, -0.05) is 30.3 Å². The van der Waals surface area contributed by atoms with E-state index in [1.54, 1.807) is 7.11 Å². The van der Waals surface area contributed by atoms with Crippen LogP contribution in [0.4, 0.5) is 0 Å². The molecule has 0 saturated carbocycles. The second-order valence-electron chi connectivity index (χ2n) is 4.96. The van der Waals surface area contributed by atoms with Crippen LogP contribution in [0.25, 0.3) is 21.9 Å². The van der Waals surface area contributed by atoms with Crippen molar-refractivity contribution in [2.45, 2.75) is 6.54 Å². The number of nitrogens with one attached hydrogen (secondary N) is 1. The molecule has 0 radical (unpaired) electrons. The fourth-order valence-corrected chi connectivity index (χ4v) is 2.63. The van der Waals surface area contributed by atoms with E-state index in [9.17, 15) is 0 Å². The molecule has 0 atom stereocenters. The lowest BCUT2D eigenvalue weighted by atomic mass is 9.96. The molecule has 0 aliphatic heterocycles. The molecule has 0 spiro atoms. The Morgan fingerprint density at radius 2 is 1.90 bits per heavy atom. The highest BCUT2D eigenvalue weighted by Gasteiger charge is 2.10. The molecule has 0 bridgehead atoms. The van der Waals surface area contributed by atoms with Crippen molar-refractivity contribution in [3.8, 4) is 16.9 Å². The minimum atomic E-state index is 0.787. The van der Waals surface area contributed by atoms with Gasteiger partial charge in [-0.05, 0) is 35.7 Å². The Kier molecular flexibility index (Phi) is 3.84. The normalized spacial score (nSPS) is 10.8. The predicted molar refractivity (Wildman–Crippen MR) is 86.5 cm³/mol. The smallest absolute Gasteiger partial charge is 0.119 e. The number of methoxy groups -OCH3 is 1. The molecule has 0 fully saturated rings. The standard InChI is InChI=1S/C18H18N2O/c1-19-10-14-9-15(21-2)7-8-17(14)18-12-20-11-13-5-3-4-6-16(13)18/h3-9,11-12,19H,10H2,1-2H3. The molecule has 106 valence electrons. The molecule has 3 aromatic rings. The number of benzene rings is 2. The number of ether oxygens (including phenoxy) is 1.